The molecule has 124 valence electrons. The lowest BCUT2D eigenvalue weighted by Crippen LogP contribution is -1.93. The summed E-state index contributed by atoms with van der Waals surface area (Å²) in [5.74, 6) is -0.674. The topological polar surface area (TPSA) is 37.3 Å². The second-order valence-corrected chi connectivity index (χ2v) is 5.48. The van der Waals surface area contributed by atoms with Crippen molar-refractivity contribution >= 4 is 5.97 Å². The minimum absolute atomic E-state index is 0.326. The van der Waals surface area contributed by atoms with Gasteiger partial charge < -0.3 is 5.11 Å². The summed E-state index contributed by atoms with van der Waals surface area (Å²) in [6.07, 6.45) is 18.8. The molecule has 2 heteroatoms. The van der Waals surface area contributed by atoms with Gasteiger partial charge in [-0.25, -0.2) is 0 Å². The van der Waals surface area contributed by atoms with Crippen molar-refractivity contribution in [3.05, 3.63) is 25.3 Å². The fourth-order valence-corrected chi connectivity index (χ4v) is 1.99. The molecule has 0 saturated carbocycles. The largest absolute Gasteiger partial charge is 0.481 e. The number of rotatable bonds is 14. The first-order chi connectivity index (χ1) is 10.2. The van der Waals surface area contributed by atoms with Gasteiger partial charge in [-0.05, 0) is 32.1 Å². The summed E-state index contributed by atoms with van der Waals surface area (Å²) in [7, 11) is 0. The van der Waals surface area contributed by atoms with E-state index in [9.17, 15) is 4.79 Å². The highest BCUT2D eigenvalue weighted by atomic mass is 16.4. The molecule has 0 fully saturated rings. The predicted molar refractivity (Wildman–Crippen MR) is 93.7 cm³/mol. The lowest BCUT2D eigenvalue weighted by Gasteiger charge is -1.98. The third-order valence-corrected chi connectivity index (χ3v) is 3.31. The summed E-state index contributed by atoms with van der Waals surface area (Å²) < 4.78 is 0. The number of carbonyl (C=O) groups is 1. The van der Waals surface area contributed by atoms with E-state index in [1.54, 1.807) is 0 Å². The normalized spacial score (nSPS) is 9.57. The first-order valence-electron chi connectivity index (χ1n) is 8.62. The van der Waals surface area contributed by atoms with Crippen LogP contribution in [-0.4, -0.2) is 11.1 Å². The molecule has 0 aliphatic carbocycles. The Kier molecular flexibility index (Phi) is 22.5. The third kappa shape index (κ3) is 28.0. The van der Waals surface area contributed by atoms with Crippen molar-refractivity contribution < 1.29 is 9.90 Å². The quantitative estimate of drug-likeness (QED) is 0.292. The van der Waals surface area contributed by atoms with Gasteiger partial charge in [0.25, 0.3) is 0 Å². The molecule has 0 saturated heterocycles. The van der Waals surface area contributed by atoms with Gasteiger partial charge in [0, 0.05) is 6.42 Å². The first kappa shape index (κ1) is 22.2. The second kappa shape index (κ2) is 21.3. The molecular formula is C19H36O2. The zero-order valence-electron chi connectivity index (χ0n) is 14.1. The van der Waals surface area contributed by atoms with Crippen LogP contribution < -0.4 is 0 Å². The number of unbranched alkanes of at least 4 members (excludes halogenated alkanes) is 10. The molecule has 0 atom stereocenters. The Hall–Kier alpha value is -1.05. The van der Waals surface area contributed by atoms with E-state index in [0.29, 0.717) is 6.42 Å². The highest BCUT2D eigenvalue weighted by Crippen LogP contribution is 2.08. The van der Waals surface area contributed by atoms with Gasteiger partial charge in [-0.2, -0.15) is 0 Å². The van der Waals surface area contributed by atoms with Crippen molar-refractivity contribution in [2.75, 3.05) is 0 Å². The molecule has 1 N–H and O–H groups in total. The van der Waals surface area contributed by atoms with Gasteiger partial charge in [0.05, 0.1) is 0 Å². The Morgan fingerprint density at radius 1 is 0.810 bits per heavy atom. The van der Waals surface area contributed by atoms with Crippen LogP contribution in [0.5, 0.6) is 0 Å². The Bertz CT molecular complexity index is 234. The maximum atomic E-state index is 10.2. The van der Waals surface area contributed by atoms with Crippen LogP contribution in [0.4, 0.5) is 0 Å². The van der Waals surface area contributed by atoms with Crippen LogP contribution >= 0.6 is 0 Å². The zero-order valence-corrected chi connectivity index (χ0v) is 14.1. The van der Waals surface area contributed by atoms with Crippen LogP contribution in [0.2, 0.25) is 0 Å². The van der Waals surface area contributed by atoms with Crippen LogP contribution in [0.3, 0.4) is 0 Å². The van der Waals surface area contributed by atoms with Crippen LogP contribution in [0.25, 0.3) is 0 Å². The van der Waals surface area contributed by atoms with E-state index in [1.807, 2.05) is 12.2 Å². The molecule has 0 rings (SSSR count). The first-order valence-corrected chi connectivity index (χ1v) is 8.62. The van der Waals surface area contributed by atoms with Crippen LogP contribution in [0, 0.1) is 0 Å². The summed E-state index contributed by atoms with van der Waals surface area (Å²) in [6.45, 7) is 9.55. The summed E-state index contributed by atoms with van der Waals surface area (Å²) in [5, 5.41) is 8.38. The number of carboxylic acids is 1. The van der Waals surface area contributed by atoms with Crippen molar-refractivity contribution in [2.24, 2.45) is 0 Å². The van der Waals surface area contributed by atoms with Crippen molar-refractivity contribution in [2.45, 2.75) is 90.4 Å². The molecule has 2 nitrogen and oxygen atoms in total. The molecule has 0 bridgehead atoms. The molecular weight excluding hydrogens is 260 g/mol. The Balaban J connectivity index is 0. The monoisotopic (exact) mass is 296 g/mol. The van der Waals surface area contributed by atoms with Crippen molar-refractivity contribution in [1.82, 2.24) is 0 Å². The summed E-state index contributed by atoms with van der Waals surface area (Å²) in [4.78, 5) is 10.2. The highest BCUT2D eigenvalue weighted by molar-refractivity contribution is 5.66. The van der Waals surface area contributed by atoms with Gasteiger partial charge in [-0.15, -0.1) is 13.2 Å². The van der Waals surface area contributed by atoms with E-state index in [-0.39, 0.29) is 0 Å². The predicted octanol–water partition coefficient (Wildman–Crippen LogP) is 6.52. The Morgan fingerprint density at radius 2 is 1.24 bits per heavy atom. The van der Waals surface area contributed by atoms with Crippen molar-refractivity contribution in [1.29, 1.82) is 0 Å². The van der Waals surface area contributed by atoms with Crippen LogP contribution in [0.1, 0.15) is 90.4 Å². The van der Waals surface area contributed by atoms with Gasteiger partial charge >= 0.3 is 5.97 Å². The maximum absolute atomic E-state index is 10.2. The Morgan fingerprint density at radius 3 is 1.67 bits per heavy atom. The van der Waals surface area contributed by atoms with Crippen molar-refractivity contribution in [3.63, 3.8) is 0 Å². The number of hydrogen-bond acceptors (Lipinski definition) is 1. The molecule has 0 aliphatic rings. The molecule has 0 heterocycles. The lowest BCUT2D eigenvalue weighted by molar-refractivity contribution is -0.137. The molecule has 0 aromatic heterocycles. The average Bonchev–Trinajstić information content (AvgIpc) is 2.47. The van der Waals surface area contributed by atoms with Gasteiger partial charge in [-0.3, -0.25) is 4.79 Å². The zero-order chi connectivity index (χ0) is 16.2. The van der Waals surface area contributed by atoms with E-state index in [1.165, 1.54) is 57.8 Å². The maximum Gasteiger partial charge on any atom is 0.303 e. The second-order valence-electron chi connectivity index (χ2n) is 5.48. The van der Waals surface area contributed by atoms with Crippen LogP contribution in [-0.2, 0) is 4.79 Å². The number of carboxylic acid groups (broad SMARTS) is 1. The minimum atomic E-state index is -0.674. The summed E-state index contributed by atoms with van der Waals surface area (Å²) >= 11 is 0. The third-order valence-electron chi connectivity index (χ3n) is 3.31. The van der Waals surface area contributed by atoms with Crippen molar-refractivity contribution in [3.8, 4) is 0 Å². The van der Waals surface area contributed by atoms with E-state index < -0.39 is 5.97 Å². The average molecular weight is 296 g/mol. The molecule has 0 spiro atoms. The van der Waals surface area contributed by atoms with Gasteiger partial charge in [0.15, 0.2) is 0 Å². The van der Waals surface area contributed by atoms with Gasteiger partial charge in [0.2, 0.25) is 0 Å². The number of hydrogen-bond donors (Lipinski definition) is 1. The standard InChI is InChI=1S/C11H20O2.C8H16/c1-2-3-4-5-6-7-8-9-10-11(12)13;1-3-5-7-8-6-4-2/h2H,1,3-10H2,(H,12,13);3H,1,4-8H2,2H3. The lowest BCUT2D eigenvalue weighted by atomic mass is 10.1. The van der Waals surface area contributed by atoms with E-state index >= 15 is 0 Å². The number of allylic oxidation sites excluding steroid dienone is 2. The molecule has 0 amide bonds. The van der Waals surface area contributed by atoms with Gasteiger partial charge in [0.1, 0.15) is 0 Å². The van der Waals surface area contributed by atoms with Gasteiger partial charge in [-0.1, -0.05) is 64.0 Å². The highest BCUT2D eigenvalue weighted by Gasteiger charge is 1.95. The number of aliphatic carboxylic acids is 1. The molecule has 21 heavy (non-hydrogen) atoms. The summed E-state index contributed by atoms with van der Waals surface area (Å²) in [5.41, 5.74) is 0. The molecule has 0 aromatic rings. The molecule has 0 unspecified atom stereocenters. The fraction of sp³-hybridized carbons (Fsp3) is 0.737. The van der Waals surface area contributed by atoms with Crippen LogP contribution in [0.15, 0.2) is 25.3 Å². The fourth-order valence-electron chi connectivity index (χ4n) is 1.99. The van der Waals surface area contributed by atoms with E-state index in [4.69, 9.17) is 5.11 Å². The van der Waals surface area contributed by atoms with E-state index in [2.05, 4.69) is 20.1 Å². The van der Waals surface area contributed by atoms with E-state index in [0.717, 1.165) is 19.3 Å². The molecule has 0 radical (unpaired) electrons. The molecule has 0 aliphatic heterocycles. The molecule has 0 aromatic carbocycles. The SMILES string of the molecule is C=CCCCCCC.C=CCCCCCCCCC(=O)O. The summed E-state index contributed by atoms with van der Waals surface area (Å²) in [6, 6.07) is 0. The Labute approximate surface area is 132 Å². The smallest absolute Gasteiger partial charge is 0.303 e. The minimum Gasteiger partial charge on any atom is -0.481 e.